The van der Waals surface area contributed by atoms with E-state index in [0.29, 0.717) is 0 Å². The summed E-state index contributed by atoms with van der Waals surface area (Å²) < 4.78 is 0. The van der Waals surface area contributed by atoms with Crippen LogP contribution in [0.2, 0.25) is 0 Å². The number of aliphatic hydroxyl groups excluding tert-OH is 5. The topological polar surface area (TPSA) is 101 Å². The van der Waals surface area contributed by atoms with Crippen LogP contribution in [0.5, 0.6) is 0 Å². The van der Waals surface area contributed by atoms with Gasteiger partial charge in [-0.3, -0.25) is 0 Å². The summed E-state index contributed by atoms with van der Waals surface area (Å²) in [6.07, 6.45) is 11.6. The molecule has 0 radical (unpaired) electrons. The van der Waals surface area contributed by atoms with Gasteiger partial charge in [-0.1, -0.05) is 24.3 Å². The zero-order chi connectivity index (χ0) is 15.5. The van der Waals surface area contributed by atoms with Gasteiger partial charge >= 0.3 is 0 Å². The average molecular weight is 288 g/mol. The Kier molecular flexibility index (Phi) is 10.6. The number of aliphatic hydroxyl groups is 5. The van der Waals surface area contributed by atoms with Gasteiger partial charge in [-0.2, -0.15) is 0 Å². The summed E-state index contributed by atoms with van der Waals surface area (Å²) in [6.45, 7) is -0.729. The molecule has 20 heavy (non-hydrogen) atoms. The molecule has 0 aromatic rings. The van der Waals surface area contributed by atoms with E-state index >= 15 is 0 Å². The van der Waals surface area contributed by atoms with E-state index in [-0.39, 0.29) is 13.2 Å². The number of hydrogen-bond acceptors (Lipinski definition) is 5. The molecule has 0 heterocycles. The van der Waals surface area contributed by atoms with Crippen molar-refractivity contribution >= 4 is 0 Å². The molecule has 2 bridgehead atoms. The molecule has 0 spiro atoms. The molecule has 3 rings (SSSR count). The van der Waals surface area contributed by atoms with E-state index in [9.17, 15) is 0 Å². The van der Waals surface area contributed by atoms with Crippen molar-refractivity contribution in [1.82, 2.24) is 0 Å². The van der Waals surface area contributed by atoms with E-state index in [1.807, 2.05) is 0 Å². The minimum absolute atomic E-state index is 0.365. The second-order valence-corrected chi connectivity index (χ2v) is 4.87. The van der Waals surface area contributed by atoms with Gasteiger partial charge in [-0.25, -0.2) is 0 Å². The molecule has 3 aliphatic carbocycles. The van der Waals surface area contributed by atoms with Gasteiger partial charge in [0.2, 0.25) is 0 Å². The summed E-state index contributed by atoms with van der Waals surface area (Å²) >= 11 is 0. The van der Waals surface area contributed by atoms with Crippen molar-refractivity contribution in [2.24, 2.45) is 23.7 Å². The molecule has 0 aromatic heterocycles. The smallest absolute Gasteiger partial charge is 0.100 e. The predicted octanol–water partition coefficient (Wildman–Crippen LogP) is -0.0665. The Labute approximate surface area is 120 Å². The molecule has 0 aromatic carbocycles. The van der Waals surface area contributed by atoms with E-state index in [1.165, 1.54) is 12.8 Å². The first-order valence-electron chi connectivity index (χ1n) is 6.90. The van der Waals surface area contributed by atoms with Crippen LogP contribution in [-0.2, 0) is 0 Å². The van der Waals surface area contributed by atoms with Gasteiger partial charge in [0.1, 0.15) is 6.10 Å². The number of allylic oxidation sites excluding steroid dienone is 4. The van der Waals surface area contributed by atoms with Crippen LogP contribution in [0.3, 0.4) is 0 Å². The Hall–Kier alpha value is -0.720. The minimum Gasteiger partial charge on any atom is -0.400 e. The molecule has 4 atom stereocenters. The molecule has 3 aliphatic rings. The number of rotatable bonds is 2. The van der Waals surface area contributed by atoms with E-state index in [1.54, 1.807) is 0 Å². The van der Waals surface area contributed by atoms with Crippen LogP contribution in [0.15, 0.2) is 24.3 Å². The SMILES string of the molecule is C1=CC2C3C=CC(C3)C2C1.CO.CO.OCC(O)CO. The first-order chi connectivity index (χ1) is 9.76. The Balaban J connectivity index is 0.000000317. The Bertz CT molecular complexity index is 286. The first-order valence-corrected chi connectivity index (χ1v) is 6.90. The molecular weight excluding hydrogens is 260 g/mol. The maximum absolute atomic E-state index is 8.17. The van der Waals surface area contributed by atoms with Crippen molar-refractivity contribution < 1.29 is 25.5 Å². The molecule has 118 valence electrons. The van der Waals surface area contributed by atoms with Gasteiger partial charge in [0, 0.05) is 14.2 Å². The highest BCUT2D eigenvalue weighted by Gasteiger charge is 2.44. The molecule has 5 N–H and O–H groups in total. The Morgan fingerprint density at radius 2 is 1.50 bits per heavy atom. The molecule has 0 aliphatic heterocycles. The molecule has 5 heteroatoms. The first kappa shape index (κ1) is 19.3. The second kappa shape index (κ2) is 11.0. The van der Waals surface area contributed by atoms with Crippen LogP contribution >= 0.6 is 0 Å². The van der Waals surface area contributed by atoms with Crippen molar-refractivity contribution in [3.63, 3.8) is 0 Å². The number of fused-ring (bicyclic) bond motifs is 5. The minimum atomic E-state index is -0.954. The van der Waals surface area contributed by atoms with Gasteiger partial charge in [-0.05, 0) is 36.5 Å². The summed E-state index contributed by atoms with van der Waals surface area (Å²) in [5.74, 6) is 3.82. The summed E-state index contributed by atoms with van der Waals surface area (Å²) in [4.78, 5) is 0. The van der Waals surface area contributed by atoms with Gasteiger partial charge in [0.05, 0.1) is 13.2 Å². The highest BCUT2D eigenvalue weighted by atomic mass is 16.3. The van der Waals surface area contributed by atoms with Crippen LogP contribution in [0.25, 0.3) is 0 Å². The molecule has 5 nitrogen and oxygen atoms in total. The van der Waals surface area contributed by atoms with Gasteiger partial charge in [-0.15, -0.1) is 0 Å². The monoisotopic (exact) mass is 288 g/mol. The lowest BCUT2D eigenvalue weighted by Crippen LogP contribution is -2.15. The van der Waals surface area contributed by atoms with E-state index < -0.39 is 6.10 Å². The predicted molar refractivity (Wildman–Crippen MR) is 77.9 cm³/mol. The normalized spacial score (nSPS) is 30.8. The lowest BCUT2D eigenvalue weighted by atomic mass is 9.86. The van der Waals surface area contributed by atoms with Crippen LogP contribution in [0.4, 0.5) is 0 Å². The van der Waals surface area contributed by atoms with Crippen molar-refractivity contribution in [2.75, 3.05) is 27.4 Å². The molecule has 0 saturated heterocycles. The lowest BCUT2D eigenvalue weighted by molar-refractivity contribution is 0.0450. The summed E-state index contributed by atoms with van der Waals surface area (Å²) in [5, 5.41) is 38.0. The largest absolute Gasteiger partial charge is 0.400 e. The maximum atomic E-state index is 8.17. The quantitative estimate of drug-likeness (QED) is 0.458. The highest BCUT2D eigenvalue weighted by Crippen LogP contribution is 2.52. The van der Waals surface area contributed by atoms with Crippen LogP contribution in [0.1, 0.15) is 12.8 Å². The second-order valence-electron chi connectivity index (χ2n) is 4.87. The summed E-state index contributed by atoms with van der Waals surface area (Å²) in [5.41, 5.74) is 0. The third-order valence-electron chi connectivity index (χ3n) is 3.88. The van der Waals surface area contributed by atoms with Crippen molar-refractivity contribution in [2.45, 2.75) is 18.9 Å². The average Bonchev–Trinajstić information content (AvgIpc) is 3.24. The molecular formula is C15H28O5. The summed E-state index contributed by atoms with van der Waals surface area (Å²) in [6, 6.07) is 0. The fourth-order valence-electron chi connectivity index (χ4n) is 3.03. The summed E-state index contributed by atoms with van der Waals surface area (Å²) in [7, 11) is 2.00. The zero-order valence-electron chi connectivity index (χ0n) is 12.3. The van der Waals surface area contributed by atoms with Crippen LogP contribution in [-0.4, -0.2) is 59.1 Å². The fourth-order valence-corrected chi connectivity index (χ4v) is 3.03. The van der Waals surface area contributed by atoms with Gasteiger partial charge in [0.25, 0.3) is 0 Å². The fraction of sp³-hybridized carbons (Fsp3) is 0.733. The van der Waals surface area contributed by atoms with Crippen molar-refractivity contribution in [3.8, 4) is 0 Å². The van der Waals surface area contributed by atoms with Crippen molar-refractivity contribution in [3.05, 3.63) is 24.3 Å². The highest BCUT2D eigenvalue weighted by molar-refractivity contribution is 5.21. The Morgan fingerprint density at radius 1 is 0.950 bits per heavy atom. The van der Waals surface area contributed by atoms with E-state index in [4.69, 9.17) is 25.5 Å². The third kappa shape index (κ3) is 5.00. The van der Waals surface area contributed by atoms with Gasteiger partial charge in [0.15, 0.2) is 0 Å². The standard InChI is InChI=1S/C10H12.C3H8O3.2CH4O/c1-2-9-7-4-5-8(6-7)10(9)3-1;4-1-3(6)2-5;2*1-2/h1-2,4-5,7-10H,3,6H2;3-6H,1-2H2;2*2H,1H3. The molecule has 0 amide bonds. The van der Waals surface area contributed by atoms with E-state index in [2.05, 4.69) is 24.3 Å². The lowest BCUT2D eigenvalue weighted by Gasteiger charge is -2.18. The molecule has 4 unspecified atom stereocenters. The molecule has 1 fully saturated rings. The van der Waals surface area contributed by atoms with Crippen LogP contribution < -0.4 is 0 Å². The zero-order valence-corrected chi connectivity index (χ0v) is 12.3. The van der Waals surface area contributed by atoms with Crippen LogP contribution in [0, 0.1) is 23.7 Å². The van der Waals surface area contributed by atoms with Crippen molar-refractivity contribution in [1.29, 1.82) is 0 Å². The Morgan fingerprint density at radius 3 is 1.95 bits per heavy atom. The van der Waals surface area contributed by atoms with Gasteiger partial charge < -0.3 is 25.5 Å². The molecule has 1 saturated carbocycles. The third-order valence-corrected chi connectivity index (χ3v) is 3.88. The number of hydrogen-bond donors (Lipinski definition) is 5. The van der Waals surface area contributed by atoms with E-state index in [0.717, 1.165) is 37.9 Å². The maximum Gasteiger partial charge on any atom is 0.100 e.